The van der Waals surface area contributed by atoms with E-state index in [1.165, 1.54) is 0 Å². The molecule has 0 aliphatic carbocycles. The molecule has 1 N–H and O–H groups in total. The molecule has 0 amide bonds. The lowest BCUT2D eigenvalue weighted by Crippen LogP contribution is -2.25. The molecule has 20 heavy (non-hydrogen) atoms. The van der Waals surface area contributed by atoms with Crippen LogP contribution in [-0.4, -0.2) is 19.9 Å². The van der Waals surface area contributed by atoms with Crippen LogP contribution in [-0.2, 0) is 22.9 Å². The van der Waals surface area contributed by atoms with Gasteiger partial charge in [0.1, 0.15) is 0 Å². The lowest BCUT2D eigenvalue weighted by atomic mass is 10.2. The van der Waals surface area contributed by atoms with Crippen molar-refractivity contribution in [3.05, 3.63) is 45.9 Å². The van der Waals surface area contributed by atoms with Gasteiger partial charge < -0.3 is 0 Å². The minimum atomic E-state index is -3.42. The van der Waals surface area contributed by atoms with Crippen LogP contribution in [0.5, 0.6) is 0 Å². The van der Waals surface area contributed by atoms with E-state index in [0.717, 1.165) is 22.6 Å². The van der Waals surface area contributed by atoms with Crippen LogP contribution in [0.3, 0.4) is 0 Å². The third-order valence-electron chi connectivity index (χ3n) is 3.13. The quantitative estimate of drug-likeness (QED) is 0.892. The molecule has 6 heteroatoms. The zero-order valence-electron chi connectivity index (χ0n) is 11.6. The number of nitrogens with zero attached hydrogens (tertiary/aromatic N) is 1. The number of rotatable bonds is 6. The third-order valence-corrected chi connectivity index (χ3v) is 5.60. The highest BCUT2D eigenvalue weighted by molar-refractivity contribution is 7.89. The van der Waals surface area contributed by atoms with Crippen molar-refractivity contribution in [1.29, 1.82) is 0 Å². The molecule has 0 spiro atoms. The molecule has 0 saturated carbocycles. The van der Waals surface area contributed by atoms with Crippen molar-refractivity contribution in [3.63, 3.8) is 0 Å². The first-order chi connectivity index (χ1) is 9.53. The average molecular weight is 310 g/mol. The molecule has 2 rings (SSSR count). The number of aryl methyl sites for hydroxylation is 2. The maximum Gasteiger partial charge on any atom is 0.240 e. The summed E-state index contributed by atoms with van der Waals surface area (Å²) in [5, 5.41) is 0. The molecule has 0 saturated heterocycles. The monoisotopic (exact) mass is 310 g/mol. The second-order valence-electron chi connectivity index (χ2n) is 4.51. The fourth-order valence-electron chi connectivity index (χ4n) is 1.85. The topological polar surface area (TPSA) is 59.1 Å². The molecular weight excluding hydrogens is 292 g/mol. The van der Waals surface area contributed by atoms with Crippen molar-refractivity contribution >= 4 is 21.4 Å². The van der Waals surface area contributed by atoms with Crippen molar-refractivity contribution in [1.82, 2.24) is 9.71 Å². The molecule has 108 valence electrons. The molecule has 0 aliphatic rings. The Bertz CT molecular complexity index is 661. The Morgan fingerprint density at radius 2 is 1.95 bits per heavy atom. The molecule has 0 radical (unpaired) electrons. The van der Waals surface area contributed by atoms with Crippen LogP contribution >= 0.6 is 11.3 Å². The van der Waals surface area contributed by atoms with Gasteiger partial charge in [-0.2, -0.15) is 0 Å². The van der Waals surface area contributed by atoms with Crippen molar-refractivity contribution in [2.45, 2.75) is 31.6 Å². The van der Waals surface area contributed by atoms with Gasteiger partial charge in [0.05, 0.1) is 16.1 Å². The van der Waals surface area contributed by atoms with Gasteiger partial charge in [0.2, 0.25) is 10.0 Å². The van der Waals surface area contributed by atoms with Crippen molar-refractivity contribution in [3.8, 4) is 0 Å². The van der Waals surface area contributed by atoms with E-state index in [2.05, 4.69) is 9.71 Å². The van der Waals surface area contributed by atoms with Gasteiger partial charge >= 0.3 is 0 Å². The summed E-state index contributed by atoms with van der Waals surface area (Å²) in [5.41, 5.74) is 3.88. The van der Waals surface area contributed by atoms with Crippen LogP contribution in [0.25, 0.3) is 0 Å². The Morgan fingerprint density at radius 1 is 1.25 bits per heavy atom. The van der Waals surface area contributed by atoms with Gasteiger partial charge in [-0.3, -0.25) is 0 Å². The molecule has 0 fully saturated rings. The lowest BCUT2D eigenvalue weighted by molar-refractivity contribution is 0.581. The first-order valence-electron chi connectivity index (χ1n) is 6.50. The predicted octanol–water partition coefficient (Wildman–Crippen LogP) is 2.53. The Kier molecular flexibility index (Phi) is 4.91. The normalized spacial score (nSPS) is 11.7. The van der Waals surface area contributed by atoms with E-state index in [1.54, 1.807) is 29.0 Å². The molecule has 0 aliphatic heterocycles. The van der Waals surface area contributed by atoms with Gasteiger partial charge in [-0.15, -0.1) is 11.3 Å². The minimum absolute atomic E-state index is 0.315. The summed E-state index contributed by atoms with van der Waals surface area (Å²) in [6, 6.07) is 7.00. The summed E-state index contributed by atoms with van der Waals surface area (Å²) in [4.78, 5) is 5.59. The number of benzene rings is 1. The maximum absolute atomic E-state index is 12.1. The van der Waals surface area contributed by atoms with Crippen molar-refractivity contribution in [2.75, 3.05) is 6.54 Å². The zero-order chi connectivity index (χ0) is 14.6. The van der Waals surface area contributed by atoms with E-state index in [9.17, 15) is 8.42 Å². The minimum Gasteiger partial charge on any atom is -0.250 e. The van der Waals surface area contributed by atoms with Gasteiger partial charge in [-0.25, -0.2) is 18.1 Å². The molecule has 0 unspecified atom stereocenters. The van der Waals surface area contributed by atoms with Gasteiger partial charge in [0, 0.05) is 11.4 Å². The second kappa shape index (κ2) is 6.47. The fraction of sp³-hybridized carbons (Fsp3) is 0.357. The average Bonchev–Trinajstić information content (AvgIpc) is 2.84. The highest BCUT2D eigenvalue weighted by Gasteiger charge is 2.13. The number of aromatic nitrogens is 1. The van der Waals surface area contributed by atoms with E-state index < -0.39 is 10.0 Å². The first-order valence-corrected chi connectivity index (χ1v) is 8.87. The zero-order valence-corrected chi connectivity index (χ0v) is 13.2. The number of sulfonamides is 1. The molecule has 1 heterocycles. The first kappa shape index (κ1) is 15.2. The van der Waals surface area contributed by atoms with Gasteiger partial charge in [0.15, 0.2) is 0 Å². The van der Waals surface area contributed by atoms with E-state index >= 15 is 0 Å². The van der Waals surface area contributed by atoms with Gasteiger partial charge in [-0.1, -0.05) is 19.1 Å². The fourth-order valence-corrected chi connectivity index (χ4v) is 3.67. The molecule has 2 aromatic rings. The largest absolute Gasteiger partial charge is 0.250 e. The molecule has 0 bridgehead atoms. The molecule has 1 aromatic heterocycles. The van der Waals surface area contributed by atoms with Crippen LogP contribution < -0.4 is 4.72 Å². The Balaban J connectivity index is 1.98. The van der Waals surface area contributed by atoms with E-state index in [-0.39, 0.29) is 0 Å². The van der Waals surface area contributed by atoms with E-state index in [0.29, 0.717) is 17.9 Å². The number of thiazole rings is 1. The van der Waals surface area contributed by atoms with Crippen LogP contribution in [0.4, 0.5) is 0 Å². The predicted molar refractivity (Wildman–Crippen MR) is 81.6 cm³/mol. The van der Waals surface area contributed by atoms with E-state index in [1.807, 2.05) is 26.0 Å². The van der Waals surface area contributed by atoms with Crippen LogP contribution in [0.1, 0.15) is 23.1 Å². The van der Waals surface area contributed by atoms with E-state index in [4.69, 9.17) is 0 Å². The molecule has 0 atom stereocenters. The smallest absolute Gasteiger partial charge is 0.240 e. The highest BCUT2D eigenvalue weighted by Crippen LogP contribution is 2.14. The Labute approximate surface area is 123 Å². The van der Waals surface area contributed by atoms with Crippen LogP contribution in [0, 0.1) is 6.92 Å². The molecule has 1 aromatic carbocycles. The summed E-state index contributed by atoms with van der Waals surface area (Å²) < 4.78 is 26.9. The van der Waals surface area contributed by atoms with Gasteiger partial charge in [0.25, 0.3) is 0 Å². The Morgan fingerprint density at radius 3 is 2.50 bits per heavy atom. The summed E-state index contributed by atoms with van der Waals surface area (Å²) in [6.07, 6.45) is 1.57. The summed E-state index contributed by atoms with van der Waals surface area (Å²) in [7, 11) is -3.42. The summed E-state index contributed by atoms with van der Waals surface area (Å²) in [6.45, 7) is 4.36. The Hall–Kier alpha value is -1.24. The second-order valence-corrected chi connectivity index (χ2v) is 7.21. The summed E-state index contributed by atoms with van der Waals surface area (Å²) >= 11 is 1.55. The summed E-state index contributed by atoms with van der Waals surface area (Å²) in [5.74, 6) is 0. The molecular formula is C14H18N2O2S2. The number of nitrogens with one attached hydrogen (secondary N) is 1. The standard InChI is InChI=1S/C14H18N2O2S2/c1-3-12-4-6-13(7-5-12)20(17,18)16-9-8-14-11(2)15-10-19-14/h4-7,10,16H,3,8-9H2,1-2H3. The maximum atomic E-state index is 12.1. The molecule has 4 nitrogen and oxygen atoms in total. The van der Waals surface area contributed by atoms with Gasteiger partial charge in [-0.05, 0) is 37.5 Å². The number of hydrogen-bond acceptors (Lipinski definition) is 4. The lowest BCUT2D eigenvalue weighted by Gasteiger charge is -2.07. The number of hydrogen-bond donors (Lipinski definition) is 1. The SMILES string of the molecule is CCc1ccc(S(=O)(=O)NCCc2scnc2C)cc1. The van der Waals surface area contributed by atoms with Crippen LogP contribution in [0.2, 0.25) is 0 Å². The third kappa shape index (κ3) is 3.65. The van der Waals surface area contributed by atoms with Crippen LogP contribution in [0.15, 0.2) is 34.7 Å². The van der Waals surface area contributed by atoms with Crippen molar-refractivity contribution in [2.24, 2.45) is 0 Å². The highest BCUT2D eigenvalue weighted by atomic mass is 32.2. The van der Waals surface area contributed by atoms with Crippen molar-refractivity contribution < 1.29 is 8.42 Å².